The van der Waals surface area contributed by atoms with Crippen LogP contribution >= 0.6 is 0 Å². The van der Waals surface area contributed by atoms with E-state index >= 15 is 0 Å². The van der Waals surface area contributed by atoms with Crippen molar-refractivity contribution in [1.29, 1.82) is 0 Å². The van der Waals surface area contributed by atoms with Crippen molar-refractivity contribution in [1.82, 2.24) is 16.0 Å². The standard InChI is InChI=1S/C15H29N3O2/c1-15(2,3)18-14(20)8-10-17-13(19)7-6-12-5-4-9-16-11-12/h12,16H,4-11H2,1-3H3,(H,17,19)(H,18,20). The molecular formula is C15H29N3O2. The fraction of sp³-hybridized carbons (Fsp3) is 0.867. The number of hydrogen-bond donors (Lipinski definition) is 3. The summed E-state index contributed by atoms with van der Waals surface area (Å²) in [6, 6.07) is 0. The van der Waals surface area contributed by atoms with Crippen molar-refractivity contribution in [3.8, 4) is 0 Å². The number of hydrogen-bond acceptors (Lipinski definition) is 3. The van der Waals surface area contributed by atoms with Crippen molar-refractivity contribution in [3.05, 3.63) is 0 Å². The summed E-state index contributed by atoms with van der Waals surface area (Å²) in [4.78, 5) is 23.3. The Morgan fingerprint density at radius 3 is 2.55 bits per heavy atom. The third-order valence-electron chi connectivity index (χ3n) is 3.37. The van der Waals surface area contributed by atoms with Crippen molar-refractivity contribution < 1.29 is 9.59 Å². The molecule has 0 aromatic rings. The molecule has 1 rings (SSSR count). The smallest absolute Gasteiger partial charge is 0.222 e. The van der Waals surface area contributed by atoms with Gasteiger partial charge in [0.15, 0.2) is 0 Å². The molecular weight excluding hydrogens is 254 g/mol. The fourth-order valence-electron chi connectivity index (χ4n) is 2.39. The second-order valence-electron chi connectivity index (χ2n) is 6.65. The number of piperidine rings is 1. The van der Waals surface area contributed by atoms with Gasteiger partial charge in [0.1, 0.15) is 0 Å². The number of carbonyl (C=O) groups is 2. The van der Waals surface area contributed by atoms with Crippen molar-refractivity contribution in [2.24, 2.45) is 5.92 Å². The molecule has 5 nitrogen and oxygen atoms in total. The summed E-state index contributed by atoms with van der Waals surface area (Å²) in [7, 11) is 0. The molecule has 5 heteroatoms. The van der Waals surface area contributed by atoms with Crippen LogP contribution in [0.2, 0.25) is 0 Å². The van der Waals surface area contributed by atoms with E-state index in [1.54, 1.807) is 0 Å². The van der Waals surface area contributed by atoms with E-state index in [4.69, 9.17) is 0 Å². The molecule has 1 saturated heterocycles. The monoisotopic (exact) mass is 283 g/mol. The highest BCUT2D eigenvalue weighted by Gasteiger charge is 2.15. The molecule has 0 aliphatic carbocycles. The van der Waals surface area contributed by atoms with E-state index in [0.29, 0.717) is 25.3 Å². The predicted molar refractivity (Wildman–Crippen MR) is 80.4 cm³/mol. The summed E-state index contributed by atoms with van der Waals surface area (Å²) < 4.78 is 0. The quantitative estimate of drug-likeness (QED) is 0.686. The molecule has 1 fully saturated rings. The predicted octanol–water partition coefficient (Wildman–Crippen LogP) is 1.19. The lowest BCUT2D eigenvalue weighted by Crippen LogP contribution is -2.42. The number of carbonyl (C=O) groups excluding carboxylic acids is 2. The summed E-state index contributed by atoms with van der Waals surface area (Å²) in [6.07, 6.45) is 4.27. The Bertz CT molecular complexity index is 318. The van der Waals surface area contributed by atoms with Gasteiger partial charge >= 0.3 is 0 Å². The Kier molecular flexibility index (Phi) is 6.99. The maximum absolute atomic E-state index is 11.7. The zero-order chi connectivity index (χ0) is 15.0. The molecule has 0 spiro atoms. The third kappa shape index (κ3) is 8.15. The van der Waals surface area contributed by atoms with Gasteiger partial charge in [-0.1, -0.05) is 0 Å². The molecule has 20 heavy (non-hydrogen) atoms. The Balaban J connectivity index is 2.06. The van der Waals surface area contributed by atoms with Gasteiger partial charge in [-0.3, -0.25) is 9.59 Å². The third-order valence-corrected chi connectivity index (χ3v) is 3.37. The summed E-state index contributed by atoms with van der Waals surface area (Å²) in [5.41, 5.74) is -0.213. The maximum Gasteiger partial charge on any atom is 0.222 e. The van der Waals surface area contributed by atoms with Crippen LogP contribution in [-0.4, -0.2) is 37.0 Å². The van der Waals surface area contributed by atoms with E-state index in [2.05, 4.69) is 16.0 Å². The van der Waals surface area contributed by atoms with Crippen LogP contribution in [0.15, 0.2) is 0 Å². The second-order valence-corrected chi connectivity index (χ2v) is 6.65. The van der Waals surface area contributed by atoms with Crippen LogP contribution in [0.5, 0.6) is 0 Å². The topological polar surface area (TPSA) is 70.2 Å². The molecule has 2 amide bonds. The molecule has 1 aliphatic heterocycles. The molecule has 0 saturated carbocycles. The first-order chi connectivity index (χ1) is 9.37. The van der Waals surface area contributed by atoms with E-state index in [1.165, 1.54) is 12.8 Å². The van der Waals surface area contributed by atoms with E-state index in [-0.39, 0.29) is 17.4 Å². The zero-order valence-electron chi connectivity index (χ0n) is 13.1. The first-order valence-electron chi connectivity index (χ1n) is 7.65. The van der Waals surface area contributed by atoms with Crippen LogP contribution in [0.25, 0.3) is 0 Å². The maximum atomic E-state index is 11.7. The molecule has 1 atom stereocenters. The van der Waals surface area contributed by atoms with Crippen LogP contribution in [0, 0.1) is 5.92 Å². The van der Waals surface area contributed by atoms with Crippen molar-refractivity contribution in [2.75, 3.05) is 19.6 Å². The van der Waals surface area contributed by atoms with E-state index < -0.39 is 0 Å². The van der Waals surface area contributed by atoms with Gasteiger partial charge in [-0.25, -0.2) is 0 Å². The Hall–Kier alpha value is -1.10. The largest absolute Gasteiger partial charge is 0.356 e. The summed E-state index contributed by atoms with van der Waals surface area (Å²) in [5.74, 6) is 0.659. The van der Waals surface area contributed by atoms with Crippen LogP contribution in [0.1, 0.15) is 52.9 Å². The van der Waals surface area contributed by atoms with Gasteiger partial charge in [0.25, 0.3) is 0 Å². The van der Waals surface area contributed by atoms with Crippen LogP contribution in [-0.2, 0) is 9.59 Å². The SMILES string of the molecule is CC(C)(C)NC(=O)CCNC(=O)CCC1CCCNC1. The number of nitrogens with one attached hydrogen (secondary N) is 3. The molecule has 1 unspecified atom stereocenters. The highest BCUT2D eigenvalue weighted by molar-refractivity contribution is 5.79. The van der Waals surface area contributed by atoms with Gasteiger partial charge in [-0.05, 0) is 59.0 Å². The number of rotatable bonds is 6. The molecule has 0 aromatic heterocycles. The molecule has 0 radical (unpaired) electrons. The Labute approximate surface area is 122 Å². The average Bonchev–Trinajstić information content (AvgIpc) is 2.35. The highest BCUT2D eigenvalue weighted by Crippen LogP contribution is 2.15. The summed E-state index contributed by atoms with van der Waals surface area (Å²) in [5, 5.41) is 9.05. The molecule has 1 heterocycles. The van der Waals surface area contributed by atoms with E-state index in [0.717, 1.165) is 19.5 Å². The van der Waals surface area contributed by atoms with Gasteiger partial charge in [0.2, 0.25) is 11.8 Å². The van der Waals surface area contributed by atoms with Crippen molar-refractivity contribution in [2.45, 2.75) is 58.4 Å². The molecule has 3 N–H and O–H groups in total. The highest BCUT2D eigenvalue weighted by atomic mass is 16.2. The van der Waals surface area contributed by atoms with Crippen molar-refractivity contribution in [3.63, 3.8) is 0 Å². The Morgan fingerprint density at radius 1 is 1.20 bits per heavy atom. The lowest BCUT2D eigenvalue weighted by Gasteiger charge is -2.22. The van der Waals surface area contributed by atoms with Gasteiger partial charge in [0.05, 0.1) is 0 Å². The van der Waals surface area contributed by atoms with Crippen LogP contribution in [0.4, 0.5) is 0 Å². The summed E-state index contributed by atoms with van der Waals surface area (Å²) >= 11 is 0. The molecule has 116 valence electrons. The number of amides is 2. The first kappa shape index (κ1) is 17.0. The van der Waals surface area contributed by atoms with Crippen molar-refractivity contribution >= 4 is 11.8 Å². The van der Waals surface area contributed by atoms with Crippen LogP contribution in [0.3, 0.4) is 0 Å². The van der Waals surface area contributed by atoms with Crippen LogP contribution < -0.4 is 16.0 Å². The lowest BCUT2D eigenvalue weighted by molar-refractivity contribution is -0.123. The molecule has 0 bridgehead atoms. The fourth-order valence-corrected chi connectivity index (χ4v) is 2.39. The van der Waals surface area contributed by atoms with Gasteiger partial charge in [-0.15, -0.1) is 0 Å². The minimum Gasteiger partial charge on any atom is -0.356 e. The average molecular weight is 283 g/mol. The lowest BCUT2D eigenvalue weighted by atomic mass is 9.94. The van der Waals surface area contributed by atoms with E-state index in [9.17, 15) is 9.59 Å². The molecule has 1 aliphatic rings. The summed E-state index contributed by atoms with van der Waals surface area (Å²) in [6.45, 7) is 8.39. The Morgan fingerprint density at radius 2 is 1.95 bits per heavy atom. The second kappa shape index (κ2) is 8.25. The van der Waals surface area contributed by atoms with Gasteiger partial charge in [0, 0.05) is 24.9 Å². The minimum absolute atomic E-state index is 0.0192. The minimum atomic E-state index is -0.213. The molecule has 0 aromatic carbocycles. The van der Waals surface area contributed by atoms with Gasteiger partial charge < -0.3 is 16.0 Å². The zero-order valence-corrected chi connectivity index (χ0v) is 13.1. The normalized spacial score (nSPS) is 19.4. The van der Waals surface area contributed by atoms with Gasteiger partial charge in [-0.2, -0.15) is 0 Å². The van der Waals surface area contributed by atoms with E-state index in [1.807, 2.05) is 20.8 Å². The first-order valence-corrected chi connectivity index (χ1v) is 7.65.